The lowest BCUT2D eigenvalue weighted by atomic mass is 9.54. The molecule has 0 atom stereocenters. The summed E-state index contributed by atoms with van der Waals surface area (Å²) in [6.07, 6.45) is 8.70. The number of nitrogens with zero attached hydrogens (tertiary/aromatic N) is 2. The van der Waals surface area contributed by atoms with Crippen LogP contribution in [-0.4, -0.2) is 45.1 Å². The molecule has 4 bridgehead atoms. The monoisotopic (exact) mass is 518 g/mol. The first-order valence-corrected chi connectivity index (χ1v) is 13.8. The fourth-order valence-corrected chi connectivity index (χ4v) is 7.67. The maximum atomic E-state index is 13.1. The SMILES string of the molecule is CC(=O)N(CCOc1c(O)cccc1C=C1C2CC3CC(C2)CC1C3)C(=O)c1nc2ccc(O)cc2s1. The molecule has 0 spiro atoms. The molecule has 1 heterocycles. The van der Waals surface area contributed by atoms with Crippen molar-refractivity contribution in [1.29, 1.82) is 0 Å². The number of rotatable bonds is 6. The Kier molecular flexibility index (Phi) is 6.15. The number of para-hydroxylation sites is 1. The largest absolute Gasteiger partial charge is 0.508 e. The number of allylic oxidation sites excluding steroid dienone is 1. The predicted molar refractivity (Wildman–Crippen MR) is 142 cm³/mol. The van der Waals surface area contributed by atoms with Crippen molar-refractivity contribution in [2.24, 2.45) is 23.7 Å². The van der Waals surface area contributed by atoms with Crippen LogP contribution >= 0.6 is 11.3 Å². The quantitative estimate of drug-likeness (QED) is 0.440. The van der Waals surface area contributed by atoms with E-state index < -0.39 is 11.8 Å². The number of ether oxygens (including phenoxy) is 1. The van der Waals surface area contributed by atoms with E-state index in [4.69, 9.17) is 4.74 Å². The number of aromatic hydroxyl groups is 2. The molecule has 4 aliphatic carbocycles. The molecule has 0 saturated heterocycles. The number of benzene rings is 2. The summed E-state index contributed by atoms with van der Waals surface area (Å²) in [7, 11) is 0. The second kappa shape index (κ2) is 9.49. The summed E-state index contributed by atoms with van der Waals surface area (Å²) in [5, 5.41) is 20.5. The van der Waals surface area contributed by atoms with Gasteiger partial charge in [-0.05, 0) is 80.0 Å². The van der Waals surface area contributed by atoms with E-state index in [1.54, 1.807) is 18.2 Å². The molecule has 7 rings (SSSR count). The Bertz CT molecular complexity index is 1380. The van der Waals surface area contributed by atoms with E-state index in [0.29, 0.717) is 27.8 Å². The lowest BCUT2D eigenvalue weighted by Gasteiger charge is -2.51. The highest BCUT2D eigenvalue weighted by molar-refractivity contribution is 7.20. The fraction of sp³-hybridized carbons (Fsp3) is 0.414. The maximum absolute atomic E-state index is 13.1. The molecule has 192 valence electrons. The van der Waals surface area contributed by atoms with Crippen LogP contribution in [0, 0.1) is 23.7 Å². The van der Waals surface area contributed by atoms with E-state index in [-0.39, 0.29) is 29.7 Å². The van der Waals surface area contributed by atoms with Crippen molar-refractivity contribution < 1.29 is 24.5 Å². The first-order chi connectivity index (χ1) is 17.9. The van der Waals surface area contributed by atoms with Crippen molar-refractivity contribution in [2.45, 2.75) is 39.0 Å². The van der Waals surface area contributed by atoms with Crippen LogP contribution in [0.5, 0.6) is 17.2 Å². The van der Waals surface area contributed by atoms with Crippen molar-refractivity contribution in [3.8, 4) is 17.2 Å². The molecule has 7 nitrogen and oxygen atoms in total. The molecular weight excluding hydrogens is 488 g/mol. The van der Waals surface area contributed by atoms with E-state index in [1.165, 1.54) is 50.7 Å². The smallest absolute Gasteiger partial charge is 0.289 e. The van der Waals surface area contributed by atoms with Gasteiger partial charge >= 0.3 is 0 Å². The van der Waals surface area contributed by atoms with E-state index in [0.717, 1.165) is 33.6 Å². The van der Waals surface area contributed by atoms with Gasteiger partial charge in [0.2, 0.25) is 5.91 Å². The first-order valence-electron chi connectivity index (χ1n) is 12.9. The molecule has 0 radical (unpaired) electrons. The Morgan fingerprint density at radius 1 is 1.08 bits per heavy atom. The number of phenols is 2. The zero-order chi connectivity index (χ0) is 25.7. The van der Waals surface area contributed by atoms with Gasteiger partial charge in [0.05, 0.1) is 16.8 Å². The summed E-state index contributed by atoms with van der Waals surface area (Å²) in [4.78, 5) is 30.9. The minimum atomic E-state index is -0.509. The second-order valence-corrected chi connectivity index (χ2v) is 11.7. The van der Waals surface area contributed by atoms with Gasteiger partial charge in [0.25, 0.3) is 5.91 Å². The van der Waals surface area contributed by atoms with Gasteiger partial charge in [0.15, 0.2) is 16.5 Å². The van der Waals surface area contributed by atoms with Crippen molar-refractivity contribution in [2.75, 3.05) is 13.2 Å². The third kappa shape index (κ3) is 4.59. The van der Waals surface area contributed by atoms with Crippen LogP contribution in [0.15, 0.2) is 42.0 Å². The van der Waals surface area contributed by atoms with Gasteiger partial charge in [-0.3, -0.25) is 14.5 Å². The number of phenolic OH excluding ortho intramolecular Hbond substituents is 2. The summed E-state index contributed by atoms with van der Waals surface area (Å²) in [6.45, 7) is 1.40. The van der Waals surface area contributed by atoms with E-state index in [2.05, 4.69) is 11.1 Å². The topological polar surface area (TPSA) is 100.0 Å². The highest BCUT2D eigenvalue weighted by atomic mass is 32.1. The van der Waals surface area contributed by atoms with Gasteiger partial charge in [0.1, 0.15) is 12.4 Å². The first kappa shape index (κ1) is 24.0. The van der Waals surface area contributed by atoms with Crippen LogP contribution < -0.4 is 4.74 Å². The minimum absolute atomic E-state index is 0.0221. The van der Waals surface area contributed by atoms with Crippen LogP contribution in [0.2, 0.25) is 0 Å². The molecule has 0 unspecified atom stereocenters. The molecule has 8 heteroatoms. The van der Waals surface area contributed by atoms with Gasteiger partial charge in [0, 0.05) is 12.5 Å². The Hall–Kier alpha value is -3.39. The summed E-state index contributed by atoms with van der Waals surface area (Å²) in [5.41, 5.74) is 2.92. The number of imide groups is 1. The zero-order valence-corrected chi connectivity index (χ0v) is 21.5. The normalized spacial score (nSPS) is 23.9. The molecule has 3 aromatic rings. The van der Waals surface area contributed by atoms with Gasteiger partial charge in [-0.25, -0.2) is 4.98 Å². The molecule has 0 aliphatic heterocycles. The molecule has 37 heavy (non-hydrogen) atoms. The van der Waals surface area contributed by atoms with Crippen molar-refractivity contribution >= 4 is 39.4 Å². The third-order valence-corrected chi connectivity index (χ3v) is 9.18. The van der Waals surface area contributed by atoms with Crippen LogP contribution in [0.4, 0.5) is 0 Å². The number of hydrogen-bond donors (Lipinski definition) is 2. The van der Waals surface area contributed by atoms with E-state index in [9.17, 15) is 19.8 Å². The maximum Gasteiger partial charge on any atom is 0.289 e. The molecule has 4 aliphatic rings. The number of carbonyl (C=O) groups is 2. The predicted octanol–water partition coefficient (Wildman–Crippen LogP) is 5.61. The summed E-state index contributed by atoms with van der Waals surface area (Å²) < 4.78 is 6.68. The lowest BCUT2D eigenvalue weighted by molar-refractivity contribution is -0.126. The van der Waals surface area contributed by atoms with Crippen molar-refractivity contribution in [3.05, 3.63) is 52.5 Å². The number of fused-ring (bicyclic) bond motifs is 1. The second-order valence-electron chi connectivity index (χ2n) is 10.6. The van der Waals surface area contributed by atoms with Crippen LogP contribution in [-0.2, 0) is 4.79 Å². The molecular formula is C29H30N2O5S. The molecule has 2 aromatic carbocycles. The Morgan fingerprint density at radius 2 is 1.81 bits per heavy atom. The van der Waals surface area contributed by atoms with Gasteiger partial charge < -0.3 is 14.9 Å². The number of hydrogen-bond acceptors (Lipinski definition) is 7. The third-order valence-electron chi connectivity index (χ3n) is 8.17. The van der Waals surface area contributed by atoms with Crippen molar-refractivity contribution in [1.82, 2.24) is 9.88 Å². The zero-order valence-electron chi connectivity index (χ0n) is 20.7. The highest BCUT2D eigenvalue weighted by Crippen LogP contribution is 2.57. The summed E-state index contributed by atoms with van der Waals surface area (Å²) in [6, 6.07) is 10.1. The van der Waals surface area contributed by atoms with Crippen LogP contribution in [0.25, 0.3) is 16.3 Å². The average molecular weight is 519 g/mol. The van der Waals surface area contributed by atoms with Gasteiger partial charge in [-0.15, -0.1) is 11.3 Å². The molecule has 2 N–H and O–H groups in total. The number of thiazole rings is 1. The summed E-state index contributed by atoms with van der Waals surface area (Å²) in [5.74, 6) is 2.61. The fourth-order valence-electron chi connectivity index (χ4n) is 6.72. The average Bonchev–Trinajstić information content (AvgIpc) is 3.27. The lowest BCUT2D eigenvalue weighted by Crippen LogP contribution is -2.40. The van der Waals surface area contributed by atoms with Gasteiger partial charge in [-0.1, -0.05) is 23.8 Å². The minimum Gasteiger partial charge on any atom is -0.508 e. The standard InChI is InChI=1S/C29H30N2O5S/c1-16(32)31(29(35)28-30-24-6-5-22(33)15-26(24)37-28)7-8-36-27-19(3-2-4-25(27)34)14-23-20-10-17-9-18(12-20)13-21(23)11-17/h2-6,14-15,17-18,20-21,33-34H,7-13H2,1H3. The highest BCUT2D eigenvalue weighted by Gasteiger charge is 2.45. The van der Waals surface area contributed by atoms with Crippen LogP contribution in [0.3, 0.4) is 0 Å². The summed E-state index contributed by atoms with van der Waals surface area (Å²) >= 11 is 1.13. The molecule has 4 saturated carbocycles. The Morgan fingerprint density at radius 3 is 2.51 bits per heavy atom. The number of aromatic nitrogens is 1. The number of carbonyl (C=O) groups excluding carboxylic acids is 2. The van der Waals surface area contributed by atoms with Gasteiger partial charge in [-0.2, -0.15) is 0 Å². The molecule has 4 fully saturated rings. The van der Waals surface area contributed by atoms with Crippen molar-refractivity contribution in [3.63, 3.8) is 0 Å². The van der Waals surface area contributed by atoms with E-state index in [1.807, 2.05) is 12.1 Å². The Labute approximate surface area is 219 Å². The van der Waals surface area contributed by atoms with E-state index >= 15 is 0 Å². The Balaban J connectivity index is 1.18. The van der Waals surface area contributed by atoms with Crippen LogP contribution in [0.1, 0.15) is 54.4 Å². The molecule has 2 amide bonds. The molecule has 1 aromatic heterocycles. The number of amides is 2.